The number of nitrogens with two attached hydrogens (primary N) is 1. The minimum Gasteiger partial charge on any atom is -0.380 e. The second-order valence-electron chi connectivity index (χ2n) is 5.96. The normalized spacial score (nSPS) is 17.5. The quantitative estimate of drug-likeness (QED) is 0.794. The summed E-state index contributed by atoms with van der Waals surface area (Å²) in [4.78, 5) is 4.93. The molecule has 1 atom stereocenters. The van der Waals surface area contributed by atoms with Crippen molar-refractivity contribution in [1.82, 2.24) is 9.80 Å². The van der Waals surface area contributed by atoms with Crippen molar-refractivity contribution >= 4 is 0 Å². The van der Waals surface area contributed by atoms with Crippen LogP contribution in [-0.4, -0.2) is 56.7 Å². The number of benzene rings is 1. The molecular weight excluding hydrogens is 262 g/mol. The molecule has 0 amide bonds. The molecule has 1 aromatic carbocycles. The number of ether oxygens (including phenoxy) is 1. The van der Waals surface area contributed by atoms with Gasteiger partial charge in [0.1, 0.15) is 0 Å². The summed E-state index contributed by atoms with van der Waals surface area (Å²) < 4.78 is 5.22. The van der Waals surface area contributed by atoms with Gasteiger partial charge in [-0.25, -0.2) is 0 Å². The van der Waals surface area contributed by atoms with Gasteiger partial charge in [0.2, 0.25) is 0 Å². The van der Waals surface area contributed by atoms with Gasteiger partial charge in [-0.2, -0.15) is 0 Å². The lowest BCUT2D eigenvalue weighted by Gasteiger charge is -2.29. The summed E-state index contributed by atoms with van der Waals surface area (Å²) in [5, 5.41) is 0. The van der Waals surface area contributed by atoms with Crippen molar-refractivity contribution in [3.05, 3.63) is 35.4 Å². The molecule has 0 aliphatic carbocycles. The number of likely N-dealkylation sites (N-methyl/N-ethyl adjacent to an activating group) is 1. The second kappa shape index (κ2) is 8.49. The first-order valence-corrected chi connectivity index (χ1v) is 7.95. The highest BCUT2D eigenvalue weighted by Gasteiger charge is 2.18. The van der Waals surface area contributed by atoms with E-state index in [1.54, 1.807) is 7.11 Å². The van der Waals surface area contributed by atoms with Crippen molar-refractivity contribution < 1.29 is 4.74 Å². The highest BCUT2D eigenvalue weighted by molar-refractivity contribution is 5.26. The first-order chi connectivity index (χ1) is 10.2. The van der Waals surface area contributed by atoms with Crippen LogP contribution in [0.5, 0.6) is 0 Å². The maximum Gasteiger partial charge on any atom is 0.0713 e. The average Bonchev–Trinajstić information content (AvgIpc) is 3.00. The Balaban J connectivity index is 1.95. The Morgan fingerprint density at radius 3 is 2.76 bits per heavy atom. The van der Waals surface area contributed by atoms with E-state index in [9.17, 15) is 0 Å². The van der Waals surface area contributed by atoms with Gasteiger partial charge in [-0.1, -0.05) is 24.3 Å². The predicted molar refractivity (Wildman–Crippen MR) is 87.3 cm³/mol. The molecule has 1 heterocycles. The van der Waals surface area contributed by atoms with Crippen LogP contribution < -0.4 is 5.73 Å². The van der Waals surface area contributed by atoms with Crippen LogP contribution in [0.1, 0.15) is 30.0 Å². The zero-order valence-electron chi connectivity index (χ0n) is 13.4. The predicted octanol–water partition coefficient (Wildman–Crippen LogP) is 1.86. The van der Waals surface area contributed by atoms with Gasteiger partial charge in [-0.3, -0.25) is 4.90 Å². The van der Waals surface area contributed by atoms with E-state index in [4.69, 9.17) is 10.5 Å². The first kappa shape index (κ1) is 16.4. The molecule has 0 radical (unpaired) electrons. The maximum absolute atomic E-state index is 6.03. The van der Waals surface area contributed by atoms with E-state index in [-0.39, 0.29) is 6.04 Å². The summed E-state index contributed by atoms with van der Waals surface area (Å²) in [6.45, 7) is 6.02. The molecule has 2 rings (SSSR count). The molecule has 0 spiro atoms. The average molecular weight is 291 g/mol. The van der Waals surface area contributed by atoms with E-state index in [0.29, 0.717) is 13.2 Å². The molecule has 4 heteroatoms. The molecule has 1 unspecified atom stereocenters. The maximum atomic E-state index is 6.03. The highest BCUT2D eigenvalue weighted by Crippen LogP contribution is 2.20. The van der Waals surface area contributed by atoms with Gasteiger partial charge in [0.15, 0.2) is 0 Å². The van der Waals surface area contributed by atoms with E-state index < -0.39 is 0 Å². The molecule has 0 bridgehead atoms. The van der Waals surface area contributed by atoms with Crippen molar-refractivity contribution in [2.24, 2.45) is 5.73 Å². The van der Waals surface area contributed by atoms with Crippen molar-refractivity contribution in [2.45, 2.75) is 25.5 Å². The Kier molecular flexibility index (Phi) is 6.64. The third-order valence-corrected chi connectivity index (χ3v) is 4.37. The van der Waals surface area contributed by atoms with Crippen LogP contribution in [0.15, 0.2) is 24.3 Å². The molecule has 1 aliphatic rings. The zero-order chi connectivity index (χ0) is 15.1. The van der Waals surface area contributed by atoms with Crippen LogP contribution in [0.2, 0.25) is 0 Å². The fraction of sp³-hybridized carbons (Fsp3) is 0.647. The van der Waals surface area contributed by atoms with Crippen LogP contribution in [0.4, 0.5) is 0 Å². The van der Waals surface area contributed by atoms with Crippen molar-refractivity contribution in [2.75, 3.05) is 46.9 Å². The topological polar surface area (TPSA) is 41.7 Å². The van der Waals surface area contributed by atoms with Gasteiger partial charge < -0.3 is 15.4 Å². The summed E-state index contributed by atoms with van der Waals surface area (Å²) in [5.41, 5.74) is 8.52. The largest absolute Gasteiger partial charge is 0.380 e. The van der Waals surface area contributed by atoms with Crippen LogP contribution in [-0.2, 0) is 11.3 Å². The molecule has 4 nitrogen and oxygen atoms in total. The van der Waals surface area contributed by atoms with Crippen LogP contribution in [0, 0.1) is 0 Å². The fourth-order valence-corrected chi connectivity index (χ4v) is 3.09. The molecule has 21 heavy (non-hydrogen) atoms. The standard InChI is InChI=1S/C17H29N3O/c1-19(10-11-20-8-3-4-9-20)17(13-18)16-7-5-6-15(12-16)14-21-2/h5-7,12,17H,3-4,8-11,13-14,18H2,1-2H3. The van der Waals surface area contributed by atoms with Gasteiger partial charge >= 0.3 is 0 Å². The van der Waals surface area contributed by atoms with Gasteiger partial charge in [-0.15, -0.1) is 0 Å². The van der Waals surface area contributed by atoms with Crippen molar-refractivity contribution in [1.29, 1.82) is 0 Å². The van der Waals surface area contributed by atoms with Gasteiger partial charge in [0, 0.05) is 32.8 Å². The van der Waals surface area contributed by atoms with E-state index in [1.807, 2.05) is 0 Å². The Morgan fingerprint density at radius 2 is 2.10 bits per heavy atom. The molecular formula is C17H29N3O. The van der Waals surface area contributed by atoms with Crippen molar-refractivity contribution in [3.63, 3.8) is 0 Å². The first-order valence-electron chi connectivity index (χ1n) is 7.95. The second-order valence-corrected chi connectivity index (χ2v) is 5.96. The molecule has 118 valence electrons. The third-order valence-electron chi connectivity index (χ3n) is 4.37. The molecule has 1 fully saturated rings. The van der Waals surface area contributed by atoms with Crippen LogP contribution >= 0.6 is 0 Å². The minimum atomic E-state index is 0.282. The number of rotatable bonds is 8. The lowest BCUT2D eigenvalue weighted by molar-refractivity contribution is 0.184. The highest BCUT2D eigenvalue weighted by atomic mass is 16.5. The van der Waals surface area contributed by atoms with E-state index in [2.05, 4.69) is 41.1 Å². The molecule has 0 aromatic heterocycles. The number of nitrogens with zero attached hydrogens (tertiary/aromatic N) is 2. The summed E-state index contributed by atoms with van der Waals surface area (Å²) in [5.74, 6) is 0. The van der Waals surface area contributed by atoms with E-state index in [1.165, 1.54) is 37.1 Å². The van der Waals surface area contributed by atoms with E-state index >= 15 is 0 Å². The fourth-order valence-electron chi connectivity index (χ4n) is 3.09. The Hall–Kier alpha value is -0.940. The molecule has 1 aliphatic heterocycles. The number of hydrogen-bond donors (Lipinski definition) is 1. The Labute approximate surface area is 128 Å². The lowest BCUT2D eigenvalue weighted by atomic mass is 10.0. The zero-order valence-corrected chi connectivity index (χ0v) is 13.4. The number of hydrogen-bond acceptors (Lipinski definition) is 4. The molecule has 2 N–H and O–H groups in total. The van der Waals surface area contributed by atoms with Crippen molar-refractivity contribution in [3.8, 4) is 0 Å². The smallest absolute Gasteiger partial charge is 0.0713 e. The monoisotopic (exact) mass is 291 g/mol. The molecule has 1 aromatic rings. The van der Waals surface area contributed by atoms with E-state index in [0.717, 1.165) is 13.1 Å². The summed E-state index contributed by atoms with van der Waals surface area (Å²) in [6.07, 6.45) is 2.70. The number of likely N-dealkylation sites (tertiary alicyclic amines) is 1. The van der Waals surface area contributed by atoms with Crippen LogP contribution in [0.3, 0.4) is 0 Å². The summed E-state index contributed by atoms with van der Waals surface area (Å²) in [7, 11) is 3.91. The lowest BCUT2D eigenvalue weighted by Crippen LogP contribution is -2.36. The Bertz CT molecular complexity index is 418. The minimum absolute atomic E-state index is 0.282. The molecule has 0 saturated carbocycles. The SMILES string of the molecule is COCc1cccc(C(CN)N(C)CCN2CCCC2)c1. The van der Waals surface area contributed by atoms with Gasteiger partial charge in [0.25, 0.3) is 0 Å². The van der Waals surface area contributed by atoms with Gasteiger partial charge in [0.05, 0.1) is 6.61 Å². The van der Waals surface area contributed by atoms with Gasteiger partial charge in [-0.05, 0) is 44.1 Å². The third kappa shape index (κ3) is 4.78. The molecule has 1 saturated heterocycles. The number of methoxy groups -OCH3 is 1. The summed E-state index contributed by atoms with van der Waals surface area (Å²) >= 11 is 0. The Morgan fingerprint density at radius 1 is 1.33 bits per heavy atom. The summed E-state index contributed by atoms with van der Waals surface area (Å²) in [6, 6.07) is 8.87. The van der Waals surface area contributed by atoms with Crippen LogP contribution in [0.25, 0.3) is 0 Å².